The molecule has 3 aromatic carbocycles. The Balaban J connectivity index is 1.37. The second kappa shape index (κ2) is 14.8. The van der Waals surface area contributed by atoms with Crippen molar-refractivity contribution in [2.24, 2.45) is 0 Å². The van der Waals surface area contributed by atoms with Gasteiger partial charge in [0.15, 0.2) is 0 Å². The molecule has 0 fully saturated rings. The van der Waals surface area contributed by atoms with Crippen molar-refractivity contribution in [2.75, 3.05) is 0 Å². The Morgan fingerprint density at radius 1 is 0.686 bits per heavy atom. The van der Waals surface area contributed by atoms with Gasteiger partial charge in [-0.05, 0) is 65.9 Å². The predicted molar refractivity (Wildman–Crippen MR) is 144 cm³/mol. The molecule has 35 heavy (non-hydrogen) atoms. The summed E-state index contributed by atoms with van der Waals surface area (Å²) in [6.45, 7) is 2.26. The highest BCUT2D eigenvalue weighted by Gasteiger charge is 2.09. The topological polar surface area (TPSA) is 50.1 Å². The maximum atomic E-state index is 12.5. The van der Waals surface area contributed by atoms with Crippen LogP contribution in [0, 0.1) is 11.3 Å². The quantitative estimate of drug-likeness (QED) is 0.135. The molecule has 0 saturated carbocycles. The van der Waals surface area contributed by atoms with E-state index in [0.29, 0.717) is 16.9 Å². The number of ether oxygens (including phenoxy) is 1. The Morgan fingerprint density at radius 2 is 1.20 bits per heavy atom. The van der Waals surface area contributed by atoms with Crippen molar-refractivity contribution in [3.8, 4) is 22.9 Å². The number of hydrogen-bond donors (Lipinski definition) is 0. The second-order valence-corrected chi connectivity index (χ2v) is 9.23. The van der Waals surface area contributed by atoms with Gasteiger partial charge in [-0.2, -0.15) is 5.26 Å². The van der Waals surface area contributed by atoms with E-state index in [9.17, 15) is 4.79 Å². The molecule has 0 amide bonds. The number of nitrogens with zero attached hydrogens (tertiary/aromatic N) is 1. The lowest BCUT2D eigenvalue weighted by molar-refractivity contribution is 0.0735. The van der Waals surface area contributed by atoms with Crippen molar-refractivity contribution in [3.05, 3.63) is 89.5 Å². The van der Waals surface area contributed by atoms with Crippen LogP contribution < -0.4 is 4.74 Å². The third kappa shape index (κ3) is 9.06. The molecule has 0 spiro atoms. The van der Waals surface area contributed by atoms with Crippen LogP contribution in [0.15, 0.2) is 72.8 Å². The minimum absolute atomic E-state index is 0.346. The van der Waals surface area contributed by atoms with Gasteiger partial charge < -0.3 is 4.74 Å². The monoisotopic (exact) mass is 467 g/mol. The molecule has 182 valence electrons. The van der Waals surface area contributed by atoms with Crippen LogP contribution in [-0.4, -0.2) is 5.97 Å². The van der Waals surface area contributed by atoms with Crippen molar-refractivity contribution < 1.29 is 9.53 Å². The average molecular weight is 468 g/mol. The SMILES string of the molecule is CCCCCCCCCCCCc1ccc(C(=O)Oc2ccc(-c3ccc(C#N)cc3)cc2)cc1. The molecule has 0 unspecified atom stereocenters. The Kier molecular flexibility index (Phi) is 11.1. The van der Waals surface area contributed by atoms with Gasteiger partial charge in [0.1, 0.15) is 5.75 Å². The van der Waals surface area contributed by atoms with Gasteiger partial charge >= 0.3 is 5.97 Å². The number of hydrogen-bond acceptors (Lipinski definition) is 3. The van der Waals surface area contributed by atoms with E-state index in [1.54, 1.807) is 24.3 Å². The molecule has 3 aromatic rings. The van der Waals surface area contributed by atoms with Crippen molar-refractivity contribution in [3.63, 3.8) is 0 Å². The zero-order valence-electron chi connectivity index (χ0n) is 21.0. The molecule has 0 atom stereocenters. The Bertz CT molecular complexity index is 1060. The number of esters is 1. The first-order chi connectivity index (χ1) is 17.2. The number of aryl methyl sites for hydroxylation is 1. The summed E-state index contributed by atoms with van der Waals surface area (Å²) in [5, 5.41) is 8.93. The standard InChI is InChI=1S/C32H37NO2/c1-2-3-4-5-6-7-8-9-10-11-12-26-13-19-30(20-14-26)32(34)35-31-23-21-29(22-24-31)28-17-15-27(25-33)16-18-28/h13-24H,2-12H2,1H3. The van der Waals surface area contributed by atoms with Crippen molar-refractivity contribution >= 4 is 5.97 Å². The lowest BCUT2D eigenvalue weighted by atomic mass is 10.0. The maximum absolute atomic E-state index is 12.5. The number of unbranched alkanes of at least 4 members (excludes halogenated alkanes) is 9. The highest BCUT2D eigenvalue weighted by molar-refractivity contribution is 5.91. The number of nitriles is 1. The van der Waals surface area contributed by atoms with E-state index in [0.717, 1.165) is 17.5 Å². The van der Waals surface area contributed by atoms with E-state index >= 15 is 0 Å². The van der Waals surface area contributed by atoms with Crippen LogP contribution in [0.2, 0.25) is 0 Å². The first-order valence-electron chi connectivity index (χ1n) is 13.1. The second-order valence-electron chi connectivity index (χ2n) is 9.23. The van der Waals surface area contributed by atoms with E-state index in [4.69, 9.17) is 10.00 Å². The number of benzene rings is 3. The van der Waals surface area contributed by atoms with Gasteiger partial charge in [0.2, 0.25) is 0 Å². The molecule has 0 radical (unpaired) electrons. The Labute approximate surface area is 210 Å². The van der Waals surface area contributed by atoms with Crippen LogP contribution in [0.5, 0.6) is 5.75 Å². The summed E-state index contributed by atoms with van der Waals surface area (Å²) in [7, 11) is 0. The molecule has 0 saturated heterocycles. The molecule has 0 heterocycles. The zero-order chi connectivity index (χ0) is 24.7. The van der Waals surface area contributed by atoms with Crippen LogP contribution in [-0.2, 0) is 6.42 Å². The van der Waals surface area contributed by atoms with E-state index < -0.39 is 0 Å². The summed E-state index contributed by atoms with van der Waals surface area (Å²) in [5.41, 5.74) is 4.49. The Morgan fingerprint density at radius 3 is 1.74 bits per heavy atom. The third-order valence-corrected chi connectivity index (χ3v) is 6.42. The minimum Gasteiger partial charge on any atom is -0.423 e. The zero-order valence-corrected chi connectivity index (χ0v) is 21.0. The van der Waals surface area contributed by atoms with E-state index in [2.05, 4.69) is 13.0 Å². The largest absolute Gasteiger partial charge is 0.423 e. The highest BCUT2D eigenvalue weighted by atomic mass is 16.5. The normalized spacial score (nSPS) is 10.6. The highest BCUT2D eigenvalue weighted by Crippen LogP contribution is 2.23. The molecular weight excluding hydrogens is 430 g/mol. The van der Waals surface area contributed by atoms with Crippen LogP contribution in [0.3, 0.4) is 0 Å². The van der Waals surface area contributed by atoms with E-state index in [1.807, 2.05) is 48.5 Å². The van der Waals surface area contributed by atoms with E-state index in [1.165, 1.54) is 69.8 Å². The van der Waals surface area contributed by atoms with Gasteiger partial charge in [-0.15, -0.1) is 0 Å². The summed E-state index contributed by atoms with van der Waals surface area (Å²) >= 11 is 0. The molecule has 3 nitrogen and oxygen atoms in total. The van der Waals surface area contributed by atoms with Crippen molar-refractivity contribution in [2.45, 2.75) is 77.6 Å². The van der Waals surface area contributed by atoms with Gasteiger partial charge in [-0.1, -0.05) is 101 Å². The number of carbonyl (C=O) groups excluding carboxylic acids is 1. The fourth-order valence-corrected chi connectivity index (χ4v) is 4.24. The Hall–Kier alpha value is -3.38. The van der Waals surface area contributed by atoms with Gasteiger partial charge in [-0.3, -0.25) is 0 Å². The molecule has 0 aliphatic carbocycles. The lowest BCUT2D eigenvalue weighted by Gasteiger charge is -2.07. The molecule has 0 N–H and O–H groups in total. The molecule has 0 aliphatic rings. The van der Waals surface area contributed by atoms with Gasteiger partial charge in [0.05, 0.1) is 17.2 Å². The molecule has 0 aliphatic heterocycles. The summed E-state index contributed by atoms with van der Waals surface area (Å²) in [6, 6.07) is 24.8. The third-order valence-electron chi connectivity index (χ3n) is 6.42. The molecular formula is C32H37NO2. The summed E-state index contributed by atoms with van der Waals surface area (Å²) in [5.74, 6) is 0.170. The van der Waals surface area contributed by atoms with Crippen LogP contribution in [0.1, 0.15) is 92.6 Å². The first kappa shape index (κ1) is 26.2. The minimum atomic E-state index is -0.346. The van der Waals surface area contributed by atoms with Gasteiger partial charge in [0.25, 0.3) is 0 Å². The predicted octanol–water partition coefficient (Wildman–Crippen LogP) is 8.91. The van der Waals surface area contributed by atoms with Crippen molar-refractivity contribution in [1.29, 1.82) is 5.26 Å². The summed E-state index contributed by atoms with van der Waals surface area (Å²) in [6.07, 6.45) is 14.5. The molecule has 3 rings (SSSR count). The smallest absolute Gasteiger partial charge is 0.343 e. The maximum Gasteiger partial charge on any atom is 0.343 e. The van der Waals surface area contributed by atoms with Crippen LogP contribution >= 0.6 is 0 Å². The fraction of sp³-hybridized carbons (Fsp3) is 0.375. The van der Waals surface area contributed by atoms with Gasteiger partial charge in [0, 0.05) is 0 Å². The lowest BCUT2D eigenvalue weighted by Crippen LogP contribution is -2.08. The number of carbonyl (C=O) groups is 1. The first-order valence-corrected chi connectivity index (χ1v) is 13.1. The van der Waals surface area contributed by atoms with Crippen LogP contribution in [0.25, 0.3) is 11.1 Å². The molecule has 3 heteroatoms. The fourth-order valence-electron chi connectivity index (χ4n) is 4.24. The van der Waals surface area contributed by atoms with Crippen molar-refractivity contribution in [1.82, 2.24) is 0 Å². The van der Waals surface area contributed by atoms with E-state index in [-0.39, 0.29) is 5.97 Å². The van der Waals surface area contributed by atoms with Crippen LogP contribution in [0.4, 0.5) is 0 Å². The van der Waals surface area contributed by atoms with Gasteiger partial charge in [-0.25, -0.2) is 4.79 Å². The molecule has 0 aromatic heterocycles. The summed E-state index contributed by atoms with van der Waals surface area (Å²) < 4.78 is 5.55. The average Bonchev–Trinajstić information content (AvgIpc) is 2.90. The molecule has 0 bridgehead atoms. The number of rotatable bonds is 14. The summed E-state index contributed by atoms with van der Waals surface area (Å²) in [4.78, 5) is 12.5.